The fourth-order valence-electron chi connectivity index (χ4n) is 3.89. The van der Waals surface area contributed by atoms with Gasteiger partial charge in [0.25, 0.3) is 0 Å². The molecule has 0 saturated heterocycles. The summed E-state index contributed by atoms with van der Waals surface area (Å²) in [6.07, 6.45) is 9.81. The van der Waals surface area contributed by atoms with E-state index in [1.807, 2.05) is 13.8 Å². The van der Waals surface area contributed by atoms with E-state index in [1.54, 1.807) is 0 Å². The molecule has 4 nitrogen and oxygen atoms in total. The average Bonchev–Trinajstić information content (AvgIpc) is 2.94. The Kier molecular flexibility index (Phi) is 8.74. The number of ether oxygens (including phenoxy) is 1. The van der Waals surface area contributed by atoms with E-state index in [4.69, 9.17) is 9.16 Å². The highest BCUT2D eigenvalue weighted by atomic mass is 28.4. The molecule has 0 spiro atoms. The summed E-state index contributed by atoms with van der Waals surface area (Å²) in [5.41, 5.74) is -0.692. The van der Waals surface area contributed by atoms with Crippen molar-refractivity contribution in [2.24, 2.45) is 17.3 Å². The van der Waals surface area contributed by atoms with Crippen LogP contribution in [0.15, 0.2) is 12.2 Å². The summed E-state index contributed by atoms with van der Waals surface area (Å²) in [7, 11) is -0.420. The average molecular weight is 383 g/mol. The van der Waals surface area contributed by atoms with Crippen LogP contribution in [0.25, 0.3) is 0 Å². The smallest absolute Gasteiger partial charge is 0.311 e. The first-order valence-electron chi connectivity index (χ1n) is 10.00. The second kappa shape index (κ2) is 9.84. The molecule has 1 rings (SSSR count). The van der Waals surface area contributed by atoms with E-state index in [1.165, 1.54) is 20.0 Å². The third kappa shape index (κ3) is 6.34. The lowest BCUT2D eigenvalue weighted by Crippen LogP contribution is -2.44. The second-order valence-corrected chi connectivity index (χ2v) is 13.4. The van der Waals surface area contributed by atoms with Crippen molar-refractivity contribution in [3.05, 3.63) is 12.2 Å². The molecule has 0 unspecified atom stereocenters. The lowest BCUT2D eigenvalue weighted by Gasteiger charge is -2.37. The summed E-state index contributed by atoms with van der Waals surface area (Å²) in [5.74, 6) is -0.350. The van der Waals surface area contributed by atoms with Crippen molar-refractivity contribution >= 4 is 20.1 Å². The topological polar surface area (TPSA) is 52.6 Å². The number of rotatable bonds is 10. The highest BCUT2D eigenvalue weighted by Gasteiger charge is 2.51. The molecule has 26 heavy (non-hydrogen) atoms. The molecule has 0 aliphatic heterocycles. The molecule has 1 aliphatic carbocycles. The van der Waals surface area contributed by atoms with E-state index >= 15 is 0 Å². The predicted octanol–water partition coefficient (Wildman–Crippen LogP) is 5.14. The van der Waals surface area contributed by atoms with Crippen LogP contribution < -0.4 is 0 Å². The van der Waals surface area contributed by atoms with Crippen LogP contribution in [0.1, 0.15) is 59.3 Å². The zero-order valence-corrected chi connectivity index (χ0v) is 18.8. The highest BCUT2D eigenvalue weighted by Crippen LogP contribution is 2.45. The monoisotopic (exact) mass is 382 g/mol. The maximum absolute atomic E-state index is 12.8. The van der Waals surface area contributed by atoms with Gasteiger partial charge in [-0.15, -0.1) is 0 Å². The highest BCUT2D eigenvalue weighted by molar-refractivity contribution is 6.69. The molecule has 0 aromatic carbocycles. The number of allylic oxidation sites excluding steroid dienone is 1. The molecule has 3 atom stereocenters. The Balaban J connectivity index is 3.06. The summed E-state index contributed by atoms with van der Waals surface area (Å²) in [6, 6.07) is 0. The predicted molar refractivity (Wildman–Crippen MR) is 109 cm³/mol. The van der Waals surface area contributed by atoms with Crippen LogP contribution in [0.5, 0.6) is 0 Å². The first-order chi connectivity index (χ1) is 12.0. The van der Waals surface area contributed by atoms with Gasteiger partial charge in [-0.25, -0.2) is 0 Å². The number of methoxy groups -OCH3 is 1. The quantitative estimate of drug-likeness (QED) is 0.227. The molecule has 0 heterocycles. The first kappa shape index (κ1) is 23.1. The number of hydrogen-bond donors (Lipinski definition) is 0. The largest absolute Gasteiger partial charge is 0.469 e. The summed E-state index contributed by atoms with van der Waals surface area (Å²) in [4.78, 5) is 25.1. The minimum Gasteiger partial charge on any atom is -0.469 e. The zero-order valence-electron chi connectivity index (χ0n) is 17.8. The van der Waals surface area contributed by atoms with Crippen molar-refractivity contribution in [3.63, 3.8) is 0 Å². The van der Waals surface area contributed by atoms with Crippen LogP contribution >= 0.6 is 0 Å². The molecule has 0 N–H and O–H groups in total. The normalized spacial score (nSPS) is 22.8. The van der Waals surface area contributed by atoms with Crippen molar-refractivity contribution in [3.8, 4) is 0 Å². The molecule has 1 aliphatic rings. The Morgan fingerprint density at radius 1 is 1.31 bits per heavy atom. The number of hydrogen-bond acceptors (Lipinski definition) is 4. The molecular formula is C21H38O4Si. The minimum atomic E-state index is -1.84. The van der Waals surface area contributed by atoms with Gasteiger partial charge in [0.2, 0.25) is 0 Å². The van der Waals surface area contributed by atoms with Crippen molar-refractivity contribution in [1.29, 1.82) is 0 Å². The van der Waals surface area contributed by atoms with Gasteiger partial charge in [0.1, 0.15) is 5.78 Å². The van der Waals surface area contributed by atoms with E-state index < -0.39 is 13.7 Å². The summed E-state index contributed by atoms with van der Waals surface area (Å²) in [6.45, 7) is 12.4. The van der Waals surface area contributed by atoms with Crippen molar-refractivity contribution in [2.45, 2.75) is 85.0 Å². The van der Waals surface area contributed by atoms with E-state index in [-0.39, 0.29) is 29.7 Å². The number of carbonyl (C=O) groups is 2. The van der Waals surface area contributed by atoms with Crippen molar-refractivity contribution in [1.82, 2.24) is 0 Å². The Hall–Kier alpha value is -0.943. The second-order valence-electron chi connectivity index (χ2n) is 8.97. The molecule has 0 aromatic rings. The van der Waals surface area contributed by atoms with Gasteiger partial charge in [-0.1, -0.05) is 31.9 Å². The Labute approximate surface area is 160 Å². The van der Waals surface area contributed by atoms with Gasteiger partial charge in [-0.3, -0.25) is 9.59 Å². The van der Waals surface area contributed by atoms with Gasteiger partial charge in [-0.05, 0) is 58.7 Å². The summed E-state index contributed by atoms with van der Waals surface area (Å²) in [5, 5.41) is 0. The first-order valence-corrected chi connectivity index (χ1v) is 13.4. The lowest BCUT2D eigenvalue weighted by atomic mass is 9.71. The van der Waals surface area contributed by atoms with Gasteiger partial charge < -0.3 is 9.16 Å². The Morgan fingerprint density at radius 3 is 2.50 bits per heavy atom. The van der Waals surface area contributed by atoms with E-state index in [9.17, 15) is 9.59 Å². The fraction of sp³-hybridized carbons (Fsp3) is 0.810. The van der Waals surface area contributed by atoms with Gasteiger partial charge in [-0.2, -0.15) is 0 Å². The van der Waals surface area contributed by atoms with Gasteiger partial charge in [0, 0.05) is 6.42 Å². The molecule has 1 fully saturated rings. The third-order valence-electron chi connectivity index (χ3n) is 5.29. The van der Waals surface area contributed by atoms with E-state index in [2.05, 4.69) is 38.7 Å². The standard InChI is InChI=1S/C21H38O4Si/c1-8-9-10-11-12-13-18(25-26(5,6)7)19-16(14-15-17(19)22)21(2,3)20(23)24-4/h12-13,16,18-19H,8-11,14-15H2,1-7H3/b13-12+/t16-,18+,19+/m0/s1. The number of ketones is 1. The molecular weight excluding hydrogens is 344 g/mol. The van der Waals surface area contributed by atoms with Gasteiger partial charge in [0.15, 0.2) is 8.32 Å². The number of carbonyl (C=O) groups excluding carboxylic acids is 2. The van der Waals surface area contributed by atoms with Crippen LogP contribution in [0, 0.1) is 17.3 Å². The van der Waals surface area contributed by atoms with Crippen LogP contribution in [0.2, 0.25) is 19.6 Å². The maximum Gasteiger partial charge on any atom is 0.311 e. The van der Waals surface area contributed by atoms with E-state index in [0.29, 0.717) is 6.42 Å². The van der Waals surface area contributed by atoms with Crippen LogP contribution in [0.3, 0.4) is 0 Å². The Morgan fingerprint density at radius 2 is 1.96 bits per heavy atom. The zero-order chi connectivity index (χ0) is 20.0. The molecule has 1 saturated carbocycles. The third-order valence-corrected chi connectivity index (χ3v) is 6.27. The minimum absolute atomic E-state index is 0.0518. The molecule has 0 radical (unpaired) electrons. The molecule has 0 aromatic heterocycles. The molecule has 0 bridgehead atoms. The van der Waals surface area contributed by atoms with E-state index in [0.717, 1.165) is 19.3 Å². The molecule has 5 heteroatoms. The summed E-state index contributed by atoms with van der Waals surface area (Å²) < 4.78 is 11.4. The fourth-order valence-corrected chi connectivity index (χ4v) is 4.93. The number of Topliss-reactive ketones (excluding diaryl/α,β-unsaturated/α-hetero) is 1. The Bertz CT molecular complexity index is 505. The van der Waals surface area contributed by atoms with Gasteiger partial charge >= 0.3 is 5.97 Å². The molecule has 150 valence electrons. The summed E-state index contributed by atoms with van der Waals surface area (Å²) >= 11 is 0. The number of esters is 1. The lowest BCUT2D eigenvalue weighted by molar-refractivity contribution is -0.155. The van der Waals surface area contributed by atoms with Gasteiger partial charge in [0.05, 0.1) is 24.5 Å². The number of unbranched alkanes of at least 4 members (excludes halogenated alkanes) is 3. The molecule has 0 amide bonds. The van der Waals surface area contributed by atoms with Crippen molar-refractivity contribution in [2.75, 3.05) is 7.11 Å². The van der Waals surface area contributed by atoms with Crippen molar-refractivity contribution < 1.29 is 18.8 Å². The van der Waals surface area contributed by atoms with Crippen LogP contribution in [-0.2, 0) is 18.8 Å². The van der Waals surface area contributed by atoms with Crippen LogP contribution in [-0.4, -0.2) is 33.3 Å². The SMILES string of the molecule is CCCCC/C=C/[C@@H](O[Si](C)(C)C)[C@H]1C(=O)CC[C@@H]1C(C)(C)C(=O)OC. The van der Waals surface area contributed by atoms with Crippen LogP contribution in [0.4, 0.5) is 0 Å². The maximum atomic E-state index is 12.8.